The van der Waals surface area contributed by atoms with Crippen molar-refractivity contribution < 1.29 is 4.79 Å². The third-order valence-electron chi connectivity index (χ3n) is 1.46. The first kappa shape index (κ1) is 9.83. The van der Waals surface area contributed by atoms with Crippen molar-refractivity contribution in [1.29, 1.82) is 0 Å². The van der Waals surface area contributed by atoms with Crippen LogP contribution in [0.3, 0.4) is 0 Å². The summed E-state index contributed by atoms with van der Waals surface area (Å²) in [6, 6.07) is 8.99. The maximum absolute atomic E-state index is 11.3. The summed E-state index contributed by atoms with van der Waals surface area (Å²) >= 11 is 5.42. The summed E-state index contributed by atoms with van der Waals surface area (Å²) in [5.74, 6) is 5.55. The van der Waals surface area contributed by atoms with E-state index in [1.165, 1.54) is 0 Å². The van der Waals surface area contributed by atoms with E-state index >= 15 is 0 Å². The van der Waals surface area contributed by atoms with Gasteiger partial charge in [0.15, 0.2) is 0 Å². The highest BCUT2D eigenvalue weighted by Crippen LogP contribution is 1.98. The van der Waals surface area contributed by atoms with Crippen LogP contribution < -0.4 is 0 Å². The van der Waals surface area contributed by atoms with Gasteiger partial charge in [-0.2, -0.15) is 0 Å². The van der Waals surface area contributed by atoms with Gasteiger partial charge in [-0.3, -0.25) is 4.79 Å². The summed E-state index contributed by atoms with van der Waals surface area (Å²) in [7, 11) is 0. The quantitative estimate of drug-likeness (QED) is 0.305. The SMILES string of the molecule is O=C(C#CCCCl)c1ccccc1. The first-order valence-electron chi connectivity index (χ1n) is 3.99. The van der Waals surface area contributed by atoms with Gasteiger partial charge in [0, 0.05) is 17.9 Å². The first-order valence-corrected chi connectivity index (χ1v) is 4.52. The van der Waals surface area contributed by atoms with Crippen LogP contribution >= 0.6 is 11.6 Å². The summed E-state index contributed by atoms with van der Waals surface area (Å²) in [4.78, 5) is 11.3. The highest BCUT2D eigenvalue weighted by molar-refractivity contribution is 6.18. The van der Waals surface area contributed by atoms with Crippen LogP contribution in [-0.4, -0.2) is 11.7 Å². The molecule has 0 bridgehead atoms. The largest absolute Gasteiger partial charge is 0.279 e. The second-order valence-electron chi connectivity index (χ2n) is 2.44. The van der Waals surface area contributed by atoms with Crippen LogP contribution in [0.4, 0.5) is 0 Å². The van der Waals surface area contributed by atoms with E-state index < -0.39 is 0 Å². The van der Waals surface area contributed by atoms with E-state index in [4.69, 9.17) is 11.6 Å². The van der Waals surface area contributed by atoms with Crippen molar-refractivity contribution in [3.05, 3.63) is 35.9 Å². The van der Waals surface area contributed by atoms with Crippen molar-refractivity contribution in [3.8, 4) is 11.8 Å². The van der Waals surface area contributed by atoms with Crippen LogP contribution in [0.5, 0.6) is 0 Å². The van der Waals surface area contributed by atoms with Gasteiger partial charge in [-0.25, -0.2) is 0 Å². The molecule has 2 heteroatoms. The number of halogens is 1. The molecule has 66 valence electrons. The topological polar surface area (TPSA) is 17.1 Å². The van der Waals surface area contributed by atoms with Crippen LogP contribution in [-0.2, 0) is 0 Å². The zero-order chi connectivity index (χ0) is 9.52. The smallest absolute Gasteiger partial charge is 0.235 e. The molecule has 0 aliphatic heterocycles. The summed E-state index contributed by atoms with van der Waals surface area (Å²) < 4.78 is 0. The molecule has 0 saturated carbocycles. The molecular weight excluding hydrogens is 184 g/mol. The van der Waals surface area contributed by atoms with E-state index in [9.17, 15) is 4.79 Å². The van der Waals surface area contributed by atoms with Gasteiger partial charge in [-0.1, -0.05) is 36.3 Å². The van der Waals surface area contributed by atoms with E-state index in [0.29, 0.717) is 17.9 Å². The second kappa shape index (κ2) is 5.40. The zero-order valence-electron chi connectivity index (χ0n) is 7.09. The molecular formula is C11H9ClO. The molecule has 0 heterocycles. The Morgan fingerprint density at radius 3 is 2.62 bits per heavy atom. The van der Waals surface area contributed by atoms with Crippen LogP contribution in [0.15, 0.2) is 30.3 Å². The van der Waals surface area contributed by atoms with Crippen molar-refractivity contribution in [2.24, 2.45) is 0 Å². The maximum atomic E-state index is 11.3. The highest BCUT2D eigenvalue weighted by atomic mass is 35.5. The average molecular weight is 193 g/mol. The minimum absolute atomic E-state index is 0.147. The van der Waals surface area contributed by atoms with Crippen LogP contribution in [0.1, 0.15) is 16.8 Å². The van der Waals surface area contributed by atoms with Gasteiger partial charge in [-0.05, 0) is 5.92 Å². The Kier molecular flexibility index (Phi) is 4.08. The Balaban J connectivity index is 2.66. The van der Waals surface area contributed by atoms with E-state index in [-0.39, 0.29) is 5.78 Å². The van der Waals surface area contributed by atoms with Gasteiger partial charge in [0.05, 0.1) is 0 Å². The number of rotatable bonds is 2. The minimum Gasteiger partial charge on any atom is -0.279 e. The molecule has 0 amide bonds. The maximum Gasteiger partial charge on any atom is 0.235 e. The lowest BCUT2D eigenvalue weighted by molar-refractivity contribution is 0.105. The Hall–Kier alpha value is -1.26. The summed E-state index contributed by atoms with van der Waals surface area (Å²) in [5.41, 5.74) is 0.629. The number of carbonyl (C=O) groups is 1. The molecule has 1 nitrogen and oxygen atoms in total. The van der Waals surface area contributed by atoms with Crippen LogP contribution in [0.25, 0.3) is 0 Å². The van der Waals surface area contributed by atoms with Crippen molar-refractivity contribution in [1.82, 2.24) is 0 Å². The number of alkyl halides is 1. The molecule has 0 aromatic heterocycles. The van der Waals surface area contributed by atoms with Crippen molar-refractivity contribution in [3.63, 3.8) is 0 Å². The second-order valence-corrected chi connectivity index (χ2v) is 2.81. The fourth-order valence-electron chi connectivity index (χ4n) is 0.852. The number of ketones is 1. The molecule has 1 aromatic carbocycles. The number of hydrogen-bond acceptors (Lipinski definition) is 1. The molecule has 0 fully saturated rings. The minimum atomic E-state index is -0.147. The van der Waals surface area contributed by atoms with E-state index in [2.05, 4.69) is 11.8 Å². The fraction of sp³-hybridized carbons (Fsp3) is 0.182. The van der Waals surface area contributed by atoms with E-state index in [0.717, 1.165) is 0 Å². The standard InChI is InChI=1S/C11H9ClO/c12-9-5-4-8-11(13)10-6-2-1-3-7-10/h1-3,6-7H,5,9H2. The van der Waals surface area contributed by atoms with Crippen molar-refractivity contribution in [2.75, 3.05) is 5.88 Å². The molecule has 0 aliphatic carbocycles. The molecule has 0 spiro atoms. The van der Waals surface area contributed by atoms with E-state index in [1.807, 2.05) is 18.2 Å². The van der Waals surface area contributed by atoms with Crippen molar-refractivity contribution >= 4 is 17.4 Å². The predicted octanol–water partition coefficient (Wildman–Crippen LogP) is 2.50. The lowest BCUT2D eigenvalue weighted by Gasteiger charge is -1.90. The van der Waals surface area contributed by atoms with Gasteiger partial charge in [0.1, 0.15) is 0 Å². The van der Waals surface area contributed by atoms with Crippen LogP contribution in [0.2, 0.25) is 0 Å². The highest BCUT2D eigenvalue weighted by Gasteiger charge is 1.98. The van der Waals surface area contributed by atoms with Gasteiger partial charge in [-0.15, -0.1) is 11.6 Å². The lowest BCUT2D eigenvalue weighted by atomic mass is 10.1. The lowest BCUT2D eigenvalue weighted by Crippen LogP contribution is -1.93. The molecule has 0 atom stereocenters. The Morgan fingerprint density at radius 1 is 1.31 bits per heavy atom. The Morgan fingerprint density at radius 2 is 2.00 bits per heavy atom. The molecule has 0 saturated heterocycles. The molecule has 0 aliphatic rings. The number of hydrogen-bond donors (Lipinski definition) is 0. The van der Waals surface area contributed by atoms with E-state index in [1.54, 1.807) is 12.1 Å². The summed E-state index contributed by atoms with van der Waals surface area (Å²) in [6.07, 6.45) is 0.556. The third kappa shape index (κ3) is 3.31. The fourth-order valence-corrected chi connectivity index (χ4v) is 0.946. The normalized spacial score (nSPS) is 8.69. The molecule has 13 heavy (non-hydrogen) atoms. The monoisotopic (exact) mass is 192 g/mol. The molecule has 0 N–H and O–H groups in total. The van der Waals surface area contributed by atoms with Crippen molar-refractivity contribution in [2.45, 2.75) is 6.42 Å². The average Bonchev–Trinajstić information content (AvgIpc) is 2.19. The predicted molar refractivity (Wildman–Crippen MR) is 53.9 cm³/mol. The van der Waals surface area contributed by atoms with Crippen LogP contribution in [0, 0.1) is 11.8 Å². The number of Topliss-reactive ketones (excluding diaryl/α,β-unsaturated/α-hetero) is 1. The van der Waals surface area contributed by atoms with Gasteiger partial charge in [0.2, 0.25) is 5.78 Å². The Bertz CT molecular complexity index is 332. The third-order valence-corrected chi connectivity index (χ3v) is 1.65. The zero-order valence-corrected chi connectivity index (χ0v) is 7.84. The molecule has 0 unspecified atom stereocenters. The summed E-state index contributed by atoms with van der Waals surface area (Å²) in [5, 5.41) is 0. The van der Waals surface area contributed by atoms with Gasteiger partial charge < -0.3 is 0 Å². The number of carbonyl (C=O) groups excluding carboxylic acids is 1. The molecule has 1 aromatic rings. The summed E-state index contributed by atoms with van der Waals surface area (Å²) in [6.45, 7) is 0. The van der Waals surface area contributed by atoms with Gasteiger partial charge in [0.25, 0.3) is 0 Å². The molecule has 0 radical (unpaired) electrons. The molecule has 1 rings (SSSR count). The number of benzene rings is 1. The first-order chi connectivity index (χ1) is 6.34. The Labute approximate surface area is 82.7 Å². The van der Waals surface area contributed by atoms with Gasteiger partial charge >= 0.3 is 0 Å².